The molecule has 0 aromatic carbocycles. The van der Waals surface area contributed by atoms with Gasteiger partial charge in [-0.3, -0.25) is 0 Å². The van der Waals surface area contributed by atoms with Crippen LogP contribution in [0.15, 0.2) is 0 Å². The lowest BCUT2D eigenvalue weighted by Gasteiger charge is -2.16. The van der Waals surface area contributed by atoms with Gasteiger partial charge in [0.1, 0.15) is 0 Å². The molecule has 2 nitrogen and oxygen atoms in total. The highest BCUT2D eigenvalue weighted by Crippen LogP contribution is 1.92. The molecule has 0 rings (SSSR count). The maximum absolute atomic E-state index is 5.14. The summed E-state index contributed by atoms with van der Waals surface area (Å²) in [4.78, 5) is 0. The van der Waals surface area contributed by atoms with Gasteiger partial charge in [-0.15, -0.1) is 12.3 Å². The largest absolute Gasteiger partial charge is 0.305 e. The van der Waals surface area contributed by atoms with Crippen molar-refractivity contribution in [1.29, 1.82) is 0 Å². The summed E-state index contributed by atoms with van der Waals surface area (Å²) in [6.07, 6.45) is 9.91. The average Bonchev–Trinajstić information content (AvgIpc) is 2.10. The van der Waals surface area contributed by atoms with E-state index in [2.05, 4.69) is 23.5 Å². The number of hydrogen-bond acceptors (Lipinski definition) is 2. The Kier molecular flexibility index (Phi) is 8.20. The van der Waals surface area contributed by atoms with Crippen molar-refractivity contribution in [3.63, 3.8) is 0 Å². The molecule has 0 aliphatic heterocycles. The Morgan fingerprint density at radius 2 is 2.25 bits per heavy atom. The van der Waals surface area contributed by atoms with E-state index in [-0.39, 0.29) is 0 Å². The predicted octanol–water partition coefficient (Wildman–Crippen LogP) is 1.33. The number of rotatable bonds is 7. The number of hydrogen-bond donors (Lipinski definition) is 2. The van der Waals surface area contributed by atoms with E-state index in [1.54, 1.807) is 0 Å². The summed E-state index contributed by atoms with van der Waals surface area (Å²) in [5, 5.41) is 6.62. The molecule has 0 bridgehead atoms. The van der Waals surface area contributed by atoms with Gasteiger partial charge in [-0.05, 0) is 26.4 Å². The second-order valence-corrected chi connectivity index (χ2v) is 2.89. The van der Waals surface area contributed by atoms with Gasteiger partial charge < -0.3 is 10.6 Å². The van der Waals surface area contributed by atoms with E-state index in [0.29, 0.717) is 6.17 Å². The summed E-state index contributed by atoms with van der Waals surface area (Å²) in [5.74, 6) is 2.63. The van der Waals surface area contributed by atoms with Crippen LogP contribution in [0.4, 0.5) is 0 Å². The van der Waals surface area contributed by atoms with Crippen LogP contribution in [0.3, 0.4) is 0 Å². The van der Waals surface area contributed by atoms with Gasteiger partial charge in [0.15, 0.2) is 0 Å². The molecule has 1 atom stereocenters. The zero-order valence-corrected chi connectivity index (χ0v) is 8.19. The van der Waals surface area contributed by atoms with Crippen LogP contribution in [0, 0.1) is 12.3 Å². The van der Waals surface area contributed by atoms with E-state index in [4.69, 9.17) is 6.42 Å². The molecule has 0 aromatic heterocycles. The quantitative estimate of drug-likeness (QED) is 0.340. The fourth-order valence-corrected chi connectivity index (χ4v) is 1.10. The summed E-state index contributed by atoms with van der Waals surface area (Å²) < 4.78 is 0. The van der Waals surface area contributed by atoms with Gasteiger partial charge in [0.25, 0.3) is 0 Å². The average molecular weight is 168 g/mol. The van der Waals surface area contributed by atoms with Crippen molar-refractivity contribution in [2.24, 2.45) is 0 Å². The fourth-order valence-electron chi connectivity index (χ4n) is 1.10. The molecule has 0 aromatic rings. The van der Waals surface area contributed by atoms with Crippen molar-refractivity contribution in [2.45, 2.75) is 38.8 Å². The molecule has 0 amide bonds. The van der Waals surface area contributed by atoms with Gasteiger partial charge in [-0.1, -0.05) is 13.3 Å². The highest BCUT2D eigenvalue weighted by molar-refractivity contribution is 4.83. The first-order valence-corrected chi connectivity index (χ1v) is 4.69. The van der Waals surface area contributed by atoms with Gasteiger partial charge in [-0.2, -0.15) is 0 Å². The zero-order valence-electron chi connectivity index (χ0n) is 8.19. The summed E-state index contributed by atoms with van der Waals surface area (Å²) in [6.45, 7) is 3.20. The molecular weight excluding hydrogens is 148 g/mol. The minimum Gasteiger partial charge on any atom is -0.305 e. The van der Waals surface area contributed by atoms with Crippen molar-refractivity contribution >= 4 is 0 Å². The van der Waals surface area contributed by atoms with Gasteiger partial charge in [0, 0.05) is 6.42 Å². The third kappa shape index (κ3) is 6.21. The highest BCUT2D eigenvalue weighted by atomic mass is 15.1. The van der Waals surface area contributed by atoms with Crippen molar-refractivity contribution in [3.8, 4) is 12.3 Å². The molecule has 70 valence electrons. The molecule has 0 spiro atoms. The van der Waals surface area contributed by atoms with Crippen LogP contribution in [-0.2, 0) is 0 Å². The Labute approximate surface area is 76.1 Å². The van der Waals surface area contributed by atoms with Crippen molar-refractivity contribution in [2.75, 3.05) is 13.6 Å². The third-order valence-electron chi connectivity index (χ3n) is 1.81. The number of terminal acetylenes is 1. The molecule has 1 unspecified atom stereocenters. The number of unbranched alkanes of at least 4 members (excludes halogenated alkanes) is 1. The maximum atomic E-state index is 5.14. The molecule has 0 aliphatic carbocycles. The molecule has 2 N–H and O–H groups in total. The molecule has 0 radical (unpaired) electrons. The first-order chi connectivity index (χ1) is 5.85. The summed E-state index contributed by atoms with van der Waals surface area (Å²) in [6, 6.07) is 0. The standard InChI is InChI=1S/C10H20N2/c1-4-6-7-9-12-10(11-3)8-5-2/h1,10-12H,5-9H2,2-3H3. The van der Waals surface area contributed by atoms with Crippen LogP contribution in [-0.4, -0.2) is 19.8 Å². The molecule has 12 heavy (non-hydrogen) atoms. The maximum Gasteiger partial charge on any atom is 0.0569 e. The molecular formula is C10H20N2. The van der Waals surface area contributed by atoms with Gasteiger partial charge in [-0.25, -0.2) is 0 Å². The van der Waals surface area contributed by atoms with Gasteiger partial charge in [0.2, 0.25) is 0 Å². The first kappa shape index (κ1) is 11.5. The SMILES string of the molecule is C#CCCCNC(CCC)NC. The Morgan fingerprint density at radius 3 is 2.75 bits per heavy atom. The van der Waals surface area contributed by atoms with E-state index >= 15 is 0 Å². The zero-order chi connectivity index (χ0) is 9.23. The Balaban J connectivity index is 3.26. The molecule has 0 saturated carbocycles. The van der Waals surface area contributed by atoms with Crippen molar-refractivity contribution in [3.05, 3.63) is 0 Å². The molecule has 0 fully saturated rings. The molecule has 0 heterocycles. The van der Waals surface area contributed by atoms with Crippen LogP contribution in [0.1, 0.15) is 32.6 Å². The second kappa shape index (κ2) is 8.58. The van der Waals surface area contributed by atoms with Crippen LogP contribution >= 0.6 is 0 Å². The van der Waals surface area contributed by atoms with E-state index in [0.717, 1.165) is 19.4 Å². The molecule has 0 saturated heterocycles. The summed E-state index contributed by atoms with van der Waals surface area (Å²) in [7, 11) is 1.98. The van der Waals surface area contributed by atoms with Crippen LogP contribution in [0.2, 0.25) is 0 Å². The van der Waals surface area contributed by atoms with Crippen LogP contribution in [0.25, 0.3) is 0 Å². The molecule has 2 heteroatoms. The lowest BCUT2D eigenvalue weighted by molar-refractivity contribution is 0.423. The number of nitrogens with one attached hydrogen (secondary N) is 2. The lowest BCUT2D eigenvalue weighted by Crippen LogP contribution is -2.40. The van der Waals surface area contributed by atoms with Gasteiger partial charge in [0.05, 0.1) is 6.17 Å². The Hall–Kier alpha value is -0.520. The normalized spacial score (nSPS) is 12.4. The third-order valence-corrected chi connectivity index (χ3v) is 1.81. The first-order valence-electron chi connectivity index (χ1n) is 4.69. The van der Waals surface area contributed by atoms with Crippen molar-refractivity contribution < 1.29 is 0 Å². The predicted molar refractivity (Wildman–Crippen MR) is 53.8 cm³/mol. The molecule has 0 aliphatic rings. The van der Waals surface area contributed by atoms with E-state index in [1.165, 1.54) is 12.8 Å². The topological polar surface area (TPSA) is 24.1 Å². The summed E-state index contributed by atoms with van der Waals surface area (Å²) >= 11 is 0. The Morgan fingerprint density at radius 1 is 1.50 bits per heavy atom. The minimum absolute atomic E-state index is 0.452. The highest BCUT2D eigenvalue weighted by Gasteiger charge is 2.00. The van der Waals surface area contributed by atoms with E-state index in [9.17, 15) is 0 Å². The fraction of sp³-hybridized carbons (Fsp3) is 0.800. The second-order valence-electron chi connectivity index (χ2n) is 2.89. The van der Waals surface area contributed by atoms with Crippen molar-refractivity contribution in [1.82, 2.24) is 10.6 Å². The lowest BCUT2D eigenvalue weighted by atomic mass is 10.2. The summed E-state index contributed by atoms with van der Waals surface area (Å²) in [5.41, 5.74) is 0. The van der Waals surface area contributed by atoms with E-state index in [1.807, 2.05) is 7.05 Å². The Bertz CT molecular complexity index is 126. The van der Waals surface area contributed by atoms with Crippen LogP contribution < -0.4 is 10.6 Å². The smallest absolute Gasteiger partial charge is 0.0569 e. The van der Waals surface area contributed by atoms with Gasteiger partial charge >= 0.3 is 0 Å². The van der Waals surface area contributed by atoms with Crippen LogP contribution in [0.5, 0.6) is 0 Å². The monoisotopic (exact) mass is 168 g/mol. The minimum atomic E-state index is 0.452. The van der Waals surface area contributed by atoms with E-state index < -0.39 is 0 Å².